The Morgan fingerprint density at radius 3 is 2.95 bits per heavy atom. The number of anilines is 1. The van der Waals surface area contributed by atoms with Gasteiger partial charge in [-0.25, -0.2) is 4.98 Å². The standard InChI is InChI=1S/C15H23N5/c1-11(2)19-9-4-3-6-12(19)10-14-17-15-8-5-7-13(16)20(15)18-14/h5,7-8,11-12H,3-4,6,9-10,16H2,1-2H3. The van der Waals surface area contributed by atoms with Gasteiger partial charge >= 0.3 is 0 Å². The summed E-state index contributed by atoms with van der Waals surface area (Å²) < 4.78 is 1.73. The molecule has 0 radical (unpaired) electrons. The van der Waals surface area contributed by atoms with Crippen LogP contribution in [0.4, 0.5) is 5.82 Å². The molecule has 1 unspecified atom stereocenters. The Balaban J connectivity index is 1.82. The van der Waals surface area contributed by atoms with Crippen LogP contribution in [0.3, 0.4) is 0 Å². The van der Waals surface area contributed by atoms with Gasteiger partial charge < -0.3 is 5.73 Å². The monoisotopic (exact) mass is 273 g/mol. The summed E-state index contributed by atoms with van der Waals surface area (Å²) in [5, 5.41) is 4.55. The van der Waals surface area contributed by atoms with E-state index in [2.05, 4.69) is 28.8 Å². The molecule has 1 atom stereocenters. The number of nitrogens with two attached hydrogens (primary N) is 1. The van der Waals surface area contributed by atoms with Gasteiger partial charge in [0.15, 0.2) is 11.5 Å². The summed E-state index contributed by atoms with van der Waals surface area (Å²) in [5.41, 5.74) is 6.77. The number of nitrogens with zero attached hydrogens (tertiary/aromatic N) is 4. The zero-order valence-electron chi connectivity index (χ0n) is 12.3. The van der Waals surface area contributed by atoms with Gasteiger partial charge in [-0.15, -0.1) is 5.10 Å². The van der Waals surface area contributed by atoms with Crippen LogP contribution in [0.2, 0.25) is 0 Å². The Bertz CT molecular complexity index is 589. The van der Waals surface area contributed by atoms with Crippen LogP contribution < -0.4 is 5.73 Å². The zero-order chi connectivity index (χ0) is 14.1. The van der Waals surface area contributed by atoms with E-state index in [1.165, 1.54) is 25.8 Å². The SMILES string of the molecule is CC(C)N1CCCCC1Cc1nc2cccc(N)n2n1. The lowest BCUT2D eigenvalue weighted by Crippen LogP contribution is -2.45. The maximum Gasteiger partial charge on any atom is 0.157 e. The molecule has 3 rings (SSSR count). The molecule has 20 heavy (non-hydrogen) atoms. The Kier molecular flexibility index (Phi) is 3.61. The molecule has 0 aliphatic carbocycles. The summed E-state index contributed by atoms with van der Waals surface area (Å²) in [6, 6.07) is 6.87. The highest BCUT2D eigenvalue weighted by Crippen LogP contribution is 2.22. The van der Waals surface area contributed by atoms with Crippen LogP contribution in [0, 0.1) is 0 Å². The van der Waals surface area contributed by atoms with Crippen molar-refractivity contribution < 1.29 is 0 Å². The van der Waals surface area contributed by atoms with Gasteiger partial charge in [-0.2, -0.15) is 4.52 Å². The molecular weight excluding hydrogens is 250 g/mol. The smallest absolute Gasteiger partial charge is 0.157 e. The highest BCUT2D eigenvalue weighted by Gasteiger charge is 2.25. The molecular formula is C15H23N5. The Labute approximate surface area is 119 Å². The number of hydrogen-bond donors (Lipinski definition) is 1. The molecule has 1 aliphatic rings. The van der Waals surface area contributed by atoms with Crippen molar-refractivity contribution in [2.24, 2.45) is 0 Å². The van der Waals surface area contributed by atoms with Crippen molar-refractivity contribution in [3.05, 3.63) is 24.0 Å². The number of hydrogen-bond acceptors (Lipinski definition) is 4. The van der Waals surface area contributed by atoms with E-state index in [0.29, 0.717) is 17.9 Å². The van der Waals surface area contributed by atoms with Gasteiger partial charge in [0.1, 0.15) is 5.82 Å². The maximum absolute atomic E-state index is 5.93. The van der Waals surface area contributed by atoms with Gasteiger partial charge in [-0.1, -0.05) is 12.5 Å². The fourth-order valence-corrected chi connectivity index (χ4v) is 3.19. The van der Waals surface area contributed by atoms with Crippen molar-refractivity contribution in [1.82, 2.24) is 19.5 Å². The lowest BCUT2D eigenvalue weighted by molar-refractivity contribution is 0.110. The number of rotatable bonds is 3. The molecule has 0 saturated carbocycles. The molecule has 1 saturated heterocycles. The second-order valence-electron chi connectivity index (χ2n) is 5.93. The molecule has 2 N–H and O–H groups in total. The van der Waals surface area contributed by atoms with E-state index in [1.807, 2.05) is 18.2 Å². The summed E-state index contributed by atoms with van der Waals surface area (Å²) in [6.45, 7) is 5.73. The predicted molar refractivity (Wildman–Crippen MR) is 80.6 cm³/mol. The van der Waals surface area contributed by atoms with Crippen LogP contribution in [-0.2, 0) is 6.42 Å². The average Bonchev–Trinajstić information content (AvgIpc) is 2.83. The van der Waals surface area contributed by atoms with Gasteiger partial charge in [0.2, 0.25) is 0 Å². The van der Waals surface area contributed by atoms with Crippen molar-refractivity contribution in [1.29, 1.82) is 0 Å². The largest absolute Gasteiger partial charge is 0.384 e. The molecule has 5 heteroatoms. The van der Waals surface area contributed by atoms with Crippen molar-refractivity contribution in [2.45, 2.75) is 51.6 Å². The third kappa shape index (κ3) is 2.50. The number of fused-ring (bicyclic) bond motifs is 1. The normalized spacial score (nSPS) is 20.9. The third-order valence-corrected chi connectivity index (χ3v) is 4.19. The number of pyridine rings is 1. The maximum atomic E-state index is 5.93. The van der Waals surface area contributed by atoms with Crippen LogP contribution in [0.15, 0.2) is 18.2 Å². The minimum atomic E-state index is 0.558. The van der Waals surface area contributed by atoms with Crippen LogP contribution in [0.5, 0.6) is 0 Å². The van der Waals surface area contributed by atoms with Crippen LogP contribution in [0.25, 0.3) is 5.65 Å². The lowest BCUT2D eigenvalue weighted by Gasteiger charge is -2.38. The van der Waals surface area contributed by atoms with Gasteiger partial charge in [0.25, 0.3) is 0 Å². The van der Waals surface area contributed by atoms with E-state index >= 15 is 0 Å². The fraction of sp³-hybridized carbons (Fsp3) is 0.600. The second-order valence-corrected chi connectivity index (χ2v) is 5.93. The molecule has 1 aliphatic heterocycles. The number of likely N-dealkylation sites (tertiary alicyclic amines) is 1. The van der Waals surface area contributed by atoms with Crippen LogP contribution in [-0.4, -0.2) is 38.1 Å². The van der Waals surface area contributed by atoms with Crippen molar-refractivity contribution >= 4 is 11.5 Å². The van der Waals surface area contributed by atoms with E-state index in [9.17, 15) is 0 Å². The summed E-state index contributed by atoms with van der Waals surface area (Å²) in [6.07, 6.45) is 4.77. The number of piperidine rings is 1. The minimum absolute atomic E-state index is 0.558. The predicted octanol–water partition coefficient (Wildman–Crippen LogP) is 2.12. The molecule has 5 nitrogen and oxygen atoms in total. The highest BCUT2D eigenvalue weighted by molar-refractivity contribution is 5.46. The van der Waals surface area contributed by atoms with E-state index in [1.54, 1.807) is 4.52 Å². The number of nitrogen functional groups attached to an aromatic ring is 1. The van der Waals surface area contributed by atoms with Crippen LogP contribution >= 0.6 is 0 Å². The first kappa shape index (κ1) is 13.4. The Morgan fingerprint density at radius 1 is 1.35 bits per heavy atom. The van der Waals surface area contributed by atoms with Crippen molar-refractivity contribution in [3.8, 4) is 0 Å². The highest BCUT2D eigenvalue weighted by atomic mass is 15.3. The molecule has 0 aromatic carbocycles. The Hall–Kier alpha value is -1.62. The average molecular weight is 273 g/mol. The fourth-order valence-electron chi connectivity index (χ4n) is 3.19. The molecule has 2 aromatic heterocycles. The zero-order valence-corrected chi connectivity index (χ0v) is 12.3. The number of aromatic nitrogens is 3. The van der Waals surface area contributed by atoms with E-state index in [4.69, 9.17) is 5.73 Å². The topological polar surface area (TPSA) is 59.5 Å². The first-order valence-corrected chi connectivity index (χ1v) is 7.51. The van der Waals surface area contributed by atoms with E-state index < -0.39 is 0 Å². The molecule has 0 bridgehead atoms. The van der Waals surface area contributed by atoms with E-state index in [0.717, 1.165) is 17.9 Å². The molecule has 108 valence electrons. The third-order valence-electron chi connectivity index (χ3n) is 4.19. The molecule has 3 heterocycles. The summed E-state index contributed by atoms with van der Waals surface area (Å²) in [4.78, 5) is 7.19. The second kappa shape index (κ2) is 5.40. The first-order valence-electron chi connectivity index (χ1n) is 7.51. The Morgan fingerprint density at radius 2 is 2.20 bits per heavy atom. The molecule has 1 fully saturated rings. The molecule has 0 amide bonds. The van der Waals surface area contributed by atoms with Gasteiger partial charge in [-0.05, 0) is 45.4 Å². The summed E-state index contributed by atoms with van der Waals surface area (Å²) >= 11 is 0. The minimum Gasteiger partial charge on any atom is -0.384 e. The molecule has 0 spiro atoms. The molecule has 2 aromatic rings. The summed E-state index contributed by atoms with van der Waals surface area (Å²) in [7, 11) is 0. The van der Waals surface area contributed by atoms with E-state index in [-0.39, 0.29) is 0 Å². The van der Waals surface area contributed by atoms with Gasteiger partial charge in [0, 0.05) is 18.5 Å². The van der Waals surface area contributed by atoms with Crippen molar-refractivity contribution in [3.63, 3.8) is 0 Å². The van der Waals surface area contributed by atoms with Gasteiger partial charge in [0.05, 0.1) is 0 Å². The summed E-state index contributed by atoms with van der Waals surface area (Å²) in [5.74, 6) is 1.55. The quantitative estimate of drug-likeness (QED) is 0.930. The van der Waals surface area contributed by atoms with Crippen LogP contribution in [0.1, 0.15) is 38.9 Å². The first-order chi connectivity index (χ1) is 9.65. The van der Waals surface area contributed by atoms with Crippen molar-refractivity contribution in [2.75, 3.05) is 12.3 Å². The van der Waals surface area contributed by atoms with Gasteiger partial charge in [-0.3, -0.25) is 4.90 Å². The lowest BCUT2D eigenvalue weighted by atomic mass is 9.97.